The van der Waals surface area contributed by atoms with Crippen LogP contribution in [0.1, 0.15) is 30.6 Å². The summed E-state index contributed by atoms with van der Waals surface area (Å²) in [5.74, 6) is 0.247. The SMILES string of the molecule is C[C@@H]1C[C@H](C)CN(C(=O)COC(=O)c2ccc(Cl)nc2)C1. The van der Waals surface area contributed by atoms with Crippen molar-refractivity contribution in [1.82, 2.24) is 9.88 Å². The summed E-state index contributed by atoms with van der Waals surface area (Å²) in [5, 5.41) is 0.305. The third kappa shape index (κ3) is 4.43. The Morgan fingerprint density at radius 1 is 1.33 bits per heavy atom. The van der Waals surface area contributed by atoms with E-state index in [1.54, 1.807) is 4.90 Å². The Morgan fingerprint density at radius 3 is 2.57 bits per heavy atom. The Balaban J connectivity index is 1.86. The average Bonchev–Trinajstić information content (AvgIpc) is 2.44. The number of nitrogens with zero attached hydrogens (tertiary/aromatic N) is 2. The van der Waals surface area contributed by atoms with Crippen molar-refractivity contribution in [2.24, 2.45) is 11.8 Å². The van der Waals surface area contributed by atoms with E-state index in [4.69, 9.17) is 16.3 Å². The fourth-order valence-electron chi connectivity index (χ4n) is 2.67. The Bertz CT molecular complexity index is 508. The summed E-state index contributed by atoms with van der Waals surface area (Å²) < 4.78 is 5.04. The predicted molar refractivity (Wildman–Crippen MR) is 79.1 cm³/mol. The summed E-state index contributed by atoms with van der Waals surface area (Å²) in [6.07, 6.45) is 2.46. The molecule has 0 spiro atoms. The van der Waals surface area contributed by atoms with Gasteiger partial charge in [-0.05, 0) is 30.4 Å². The molecule has 0 saturated carbocycles. The van der Waals surface area contributed by atoms with Crippen LogP contribution in [0.15, 0.2) is 18.3 Å². The van der Waals surface area contributed by atoms with Crippen molar-refractivity contribution in [1.29, 1.82) is 0 Å². The van der Waals surface area contributed by atoms with Crippen molar-refractivity contribution < 1.29 is 14.3 Å². The van der Waals surface area contributed by atoms with Gasteiger partial charge >= 0.3 is 5.97 Å². The van der Waals surface area contributed by atoms with Gasteiger partial charge in [0.1, 0.15) is 5.15 Å². The Labute approximate surface area is 129 Å². The van der Waals surface area contributed by atoms with Crippen LogP contribution in [0.4, 0.5) is 0 Å². The highest BCUT2D eigenvalue weighted by Gasteiger charge is 2.26. The third-order valence-corrected chi connectivity index (χ3v) is 3.73. The Kier molecular flexibility index (Phi) is 5.17. The van der Waals surface area contributed by atoms with Crippen LogP contribution >= 0.6 is 11.6 Å². The molecule has 0 aromatic carbocycles. The summed E-state index contributed by atoms with van der Waals surface area (Å²) in [6.45, 7) is 5.47. The van der Waals surface area contributed by atoms with E-state index < -0.39 is 5.97 Å². The maximum absolute atomic E-state index is 12.1. The number of carbonyl (C=O) groups is 2. The Hall–Kier alpha value is -1.62. The van der Waals surface area contributed by atoms with Gasteiger partial charge < -0.3 is 9.64 Å². The van der Waals surface area contributed by atoms with Crippen LogP contribution in [-0.4, -0.2) is 41.5 Å². The number of pyridine rings is 1. The van der Waals surface area contributed by atoms with Crippen LogP contribution < -0.4 is 0 Å². The molecule has 1 fully saturated rings. The van der Waals surface area contributed by atoms with Gasteiger partial charge in [-0.25, -0.2) is 9.78 Å². The van der Waals surface area contributed by atoms with E-state index in [9.17, 15) is 9.59 Å². The first-order valence-corrected chi connectivity index (χ1v) is 7.40. The first-order chi connectivity index (χ1) is 9.95. The first kappa shape index (κ1) is 15.8. The highest BCUT2D eigenvalue weighted by Crippen LogP contribution is 2.20. The zero-order chi connectivity index (χ0) is 15.4. The topological polar surface area (TPSA) is 59.5 Å². The third-order valence-electron chi connectivity index (χ3n) is 3.51. The lowest BCUT2D eigenvalue weighted by atomic mass is 9.92. The molecule has 2 rings (SSSR count). The van der Waals surface area contributed by atoms with Gasteiger partial charge in [0, 0.05) is 19.3 Å². The fraction of sp³-hybridized carbons (Fsp3) is 0.533. The molecule has 1 aromatic rings. The first-order valence-electron chi connectivity index (χ1n) is 7.02. The molecule has 0 N–H and O–H groups in total. The smallest absolute Gasteiger partial charge is 0.340 e. The van der Waals surface area contributed by atoms with Gasteiger partial charge in [-0.2, -0.15) is 0 Å². The Morgan fingerprint density at radius 2 is 2.00 bits per heavy atom. The quantitative estimate of drug-likeness (QED) is 0.635. The predicted octanol–water partition coefficient (Wildman–Crippen LogP) is 2.40. The minimum Gasteiger partial charge on any atom is -0.452 e. The molecule has 114 valence electrons. The number of halogens is 1. The van der Waals surface area contributed by atoms with Crippen LogP contribution in [0.5, 0.6) is 0 Å². The lowest BCUT2D eigenvalue weighted by Crippen LogP contribution is -2.44. The van der Waals surface area contributed by atoms with Crippen LogP contribution in [0.25, 0.3) is 0 Å². The lowest BCUT2D eigenvalue weighted by molar-refractivity contribution is -0.137. The molecule has 1 saturated heterocycles. The van der Waals surface area contributed by atoms with Crippen molar-refractivity contribution in [3.8, 4) is 0 Å². The molecule has 2 heterocycles. The van der Waals surface area contributed by atoms with E-state index >= 15 is 0 Å². The minimum atomic E-state index is -0.564. The molecule has 6 heteroatoms. The van der Waals surface area contributed by atoms with E-state index in [1.165, 1.54) is 18.3 Å². The lowest BCUT2D eigenvalue weighted by Gasteiger charge is -2.34. The highest BCUT2D eigenvalue weighted by molar-refractivity contribution is 6.29. The second-order valence-electron chi connectivity index (χ2n) is 5.69. The molecule has 0 aliphatic carbocycles. The minimum absolute atomic E-state index is 0.149. The number of hydrogen-bond acceptors (Lipinski definition) is 4. The summed E-state index contributed by atoms with van der Waals surface area (Å²) in [7, 11) is 0. The number of amides is 1. The van der Waals surface area contributed by atoms with E-state index in [0.717, 1.165) is 19.5 Å². The van der Waals surface area contributed by atoms with Crippen molar-refractivity contribution in [3.63, 3.8) is 0 Å². The number of ether oxygens (including phenoxy) is 1. The van der Waals surface area contributed by atoms with Crippen molar-refractivity contribution in [2.45, 2.75) is 20.3 Å². The van der Waals surface area contributed by atoms with Gasteiger partial charge in [-0.3, -0.25) is 4.79 Å². The second kappa shape index (κ2) is 6.89. The molecule has 1 aliphatic heterocycles. The number of aromatic nitrogens is 1. The molecule has 5 nitrogen and oxygen atoms in total. The molecule has 1 amide bonds. The number of carbonyl (C=O) groups excluding carboxylic acids is 2. The summed E-state index contributed by atoms with van der Waals surface area (Å²) in [5.41, 5.74) is 0.285. The summed E-state index contributed by atoms with van der Waals surface area (Å²) in [6, 6.07) is 3.03. The van der Waals surface area contributed by atoms with Gasteiger partial charge in [0.05, 0.1) is 5.56 Å². The number of esters is 1. The molecule has 21 heavy (non-hydrogen) atoms. The molecular weight excluding hydrogens is 292 g/mol. The maximum atomic E-state index is 12.1. The van der Waals surface area contributed by atoms with Crippen molar-refractivity contribution in [3.05, 3.63) is 29.0 Å². The van der Waals surface area contributed by atoms with E-state index in [0.29, 0.717) is 17.0 Å². The van der Waals surface area contributed by atoms with Crippen molar-refractivity contribution in [2.75, 3.05) is 19.7 Å². The van der Waals surface area contributed by atoms with Crippen LogP contribution in [-0.2, 0) is 9.53 Å². The maximum Gasteiger partial charge on any atom is 0.340 e. The van der Waals surface area contributed by atoms with Gasteiger partial charge in [0.15, 0.2) is 6.61 Å². The van der Waals surface area contributed by atoms with Crippen LogP contribution in [0.2, 0.25) is 5.15 Å². The second-order valence-corrected chi connectivity index (χ2v) is 6.08. The molecular formula is C15H19ClN2O3. The van der Waals surface area contributed by atoms with Gasteiger partial charge in [0.2, 0.25) is 0 Å². The van der Waals surface area contributed by atoms with E-state index in [2.05, 4.69) is 18.8 Å². The number of rotatable bonds is 3. The summed E-state index contributed by atoms with van der Waals surface area (Å²) >= 11 is 5.65. The number of hydrogen-bond donors (Lipinski definition) is 0. The monoisotopic (exact) mass is 310 g/mol. The molecule has 0 unspecified atom stereocenters. The van der Waals surface area contributed by atoms with Crippen LogP contribution in [0.3, 0.4) is 0 Å². The zero-order valence-corrected chi connectivity index (χ0v) is 13.0. The standard InChI is InChI=1S/C15H19ClN2O3/c1-10-5-11(2)8-18(7-10)14(19)9-21-15(20)12-3-4-13(16)17-6-12/h3-4,6,10-11H,5,7-9H2,1-2H3/t10-,11+. The van der Waals surface area contributed by atoms with Gasteiger partial charge in [-0.15, -0.1) is 0 Å². The highest BCUT2D eigenvalue weighted by atomic mass is 35.5. The van der Waals surface area contributed by atoms with E-state index in [-0.39, 0.29) is 18.1 Å². The number of piperidine rings is 1. The zero-order valence-electron chi connectivity index (χ0n) is 12.2. The van der Waals surface area contributed by atoms with Crippen molar-refractivity contribution >= 4 is 23.5 Å². The van der Waals surface area contributed by atoms with Crippen LogP contribution in [0, 0.1) is 11.8 Å². The molecule has 1 aromatic heterocycles. The molecule has 2 atom stereocenters. The molecule has 1 aliphatic rings. The van der Waals surface area contributed by atoms with Gasteiger partial charge in [-0.1, -0.05) is 25.4 Å². The fourth-order valence-corrected chi connectivity index (χ4v) is 2.78. The average molecular weight is 311 g/mol. The number of likely N-dealkylation sites (tertiary alicyclic amines) is 1. The van der Waals surface area contributed by atoms with E-state index in [1.807, 2.05) is 0 Å². The normalized spacial score (nSPS) is 22.0. The van der Waals surface area contributed by atoms with Gasteiger partial charge in [0.25, 0.3) is 5.91 Å². The molecule has 0 bridgehead atoms. The largest absolute Gasteiger partial charge is 0.452 e. The molecule has 0 radical (unpaired) electrons. The summed E-state index contributed by atoms with van der Waals surface area (Å²) in [4.78, 5) is 29.5.